The van der Waals surface area contributed by atoms with Crippen LogP contribution in [0.5, 0.6) is 5.88 Å². The molecule has 1 N–H and O–H groups in total. The quantitative estimate of drug-likeness (QED) is 0.923. The van der Waals surface area contributed by atoms with Gasteiger partial charge < -0.3 is 9.84 Å². The molecule has 1 fully saturated rings. The maximum atomic E-state index is 12.9. The molecule has 122 valence electrons. The first kappa shape index (κ1) is 16.7. The van der Waals surface area contributed by atoms with Gasteiger partial charge in [-0.15, -0.1) is 0 Å². The van der Waals surface area contributed by atoms with Crippen molar-refractivity contribution in [2.24, 2.45) is 0 Å². The molecular formula is C14H17F3N2O3. The zero-order valence-electron chi connectivity index (χ0n) is 12.1. The molecule has 1 atom stereocenters. The normalized spacial score (nSPS) is 18.3. The van der Waals surface area contributed by atoms with Gasteiger partial charge in [-0.05, 0) is 12.8 Å². The Balaban J connectivity index is 2.23. The van der Waals surface area contributed by atoms with Crippen LogP contribution >= 0.6 is 0 Å². The molecule has 2 rings (SSSR count). The summed E-state index contributed by atoms with van der Waals surface area (Å²) in [5.41, 5.74) is 0.0757. The number of aliphatic hydroxyl groups excluding tert-OH is 1. The minimum Gasteiger partial charge on any atom is -0.474 e. The van der Waals surface area contributed by atoms with Gasteiger partial charge >= 0.3 is 6.18 Å². The lowest BCUT2D eigenvalue weighted by molar-refractivity contribution is -0.145. The Labute approximate surface area is 125 Å². The van der Waals surface area contributed by atoms with E-state index in [0.29, 0.717) is 25.7 Å². The summed E-state index contributed by atoms with van der Waals surface area (Å²) in [6.07, 6.45) is -3.36. The molecule has 0 unspecified atom stereocenters. The molecular weight excluding hydrogens is 301 g/mol. The summed E-state index contributed by atoms with van der Waals surface area (Å²) >= 11 is 0. The van der Waals surface area contributed by atoms with E-state index in [9.17, 15) is 18.0 Å². The van der Waals surface area contributed by atoms with Crippen molar-refractivity contribution < 1.29 is 27.8 Å². The molecule has 0 spiro atoms. The lowest BCUT2D eigenvalue weighted by Crippen LogP contribution is -2.25. The van der Waals surface area contributed by atoms with E-state index in [-0.39, 0.29) is 30.1 Å². The maximum absolute atomic E-state index is 12.9. The second-order valence-electron chi connectivity index (χ2n) is 5.39. The molecule has 22 heavy (non-hydrogen) atoms. The Kier molecular flexibility index (Phi) is 5.00. The SMILES string of the molecule is C[C@H](CO)c1cc(OC2CCC(=O)CC2)nc(C(F)(F)F)n1. The van der Waals surface area contributed by atoms with Gasteiger partial charge in [0.1, 0.15) is 11.9 Å². The predicted molar refractivity (Wildman–Crippen MR) is 70.4 cm³/mol. The van der Waals surface area contributed by atoms with E-state index in [1.807, 2.05) is 0 Å². The number of carbonyl (C=O) groups is 1. The van der Waals surface area contributed by atoms with Crippen molar-refractivity contribution in [2.75, 3.05) is 6.61 Å². The molecule has 5 nitrogen and oxygen atoms in total. The average molecular weight is 318 g/mol. The number of ketones is 1. The standard InChI is InChI=1S/C14H17F3N2O3/c1-8(7-20)11-6-12(19-13(18-11)14(15,16)17)22-10-4-2-9(21)3-5-10/h6,8,10,20H,2-5,7H2,1H3/t8-/m1/s1. The number of ether oxygens (including phenoxy) is 1. The van der Waals surface area contributed by atoms with Crippen molar-refractivity contribution in [1.82, 2.24) is 9.97 Å². The van der Waals surface area contributed by atoms with Gasteiger partial charge in [-0.25, -0.2) is 4.98 Å². The van der Waals surface area contributed by atoms with E-state index in [1.165, 1.54) is 6.07 Å². The molecule has 1 aliphatic carbocycles. The first-order valence-corrected chi connectivity index (χ1v) is 7.05. The van der Waals surface area contributed by atoms with E-state index in [0.717, 1.165) is 0 Å². The lowest BCUT2D eigenvalue weighted by atomic mass is 9.96. The first-order valence-electron chi connectivity index (χ1n) is 7.05. The third kappa shape index (κ3) is 4.16. The fourth-order valence-corrected chi connectivity index (χ4v) is 2.18. The van der Waals surface area contributed by atoms with Crippen LogP contribution in [-0.4, -0.2) is 33.6 Å². The van der Waals surface area contributed by atoms with Gasteiger partial charge in [0.25, 0.3) is 0 Å². The fraction of sp³-hybridized carbons (Fsp3) is 0.643. The van der Waals surface area contributed by atoms with Gasteiger partial charge in [0.2, 0.25) is 11.7 Å². The number of Topliss-reactive ketones (excluding diaryl/α,β-unsaturated/α-hetero) is 1. The molecule has 8 heteroatoms. The van der Waals surface area contributed by atoms with Gasteiger partial charge in [-0.3, -0.25) is 4.79 Å². The minimum absolute atomic E-state index is 0.0757. The Morgan fingerprint density at radius 1 is 1.36 bits per heavy atom. The molecule has 0 aromatic carbocycles. The summed E-state index contributed by atoms with van der Waals surface area (Å²) in [5, 5.41) is 9.10. The average Bonchev–Trinajstić information content (AvgIpc) is 2.47. The van der Waals surface area contributed by atoms with Crippen molar-refractivity contribution in [3.05, 3.63) is 17.6 Å². The molecule has 0 aliphatic heterocycles. The van der Waals surface area contributed by atoms with E-state index in [4.69, 9.17) is 9.84 Å². The Morgan fingerprint density at radius 2 is 2.00 bits per heavy atom. The predicted octanol–water partition coefficient (Wildman–Crippen LogP) is 2.48. The highest BCUT2D eigenvalue weighted by atomic mass is 19.4. The number of hydrogen-bond donors (Lipinski definition) is 1. The van der Waals surface area contributed by atoms with Crippen molar-refractivity contribution in [2.45, 2.75) is 50.8 Å². The second kappa shape index (κ2) is 6.60. The van der Waals surface area contributed by atoms with Crippen molar-refractivity contribution in [3.8, 4) is 5.88 Å². The van der Waals surface area contributed by atoms with Crippen LogP contribution in [0, 0.1) is 0 Å². The van der Waals surface area contributed by atoms with Crippen molar-refractivity contribution in [1.29, 1.82) is 0 Å². The number of alkyl halides is 3. The van der Waals surface area contributed by atoms with Crippen LogP contribution in [0.15, 0.2) is 6.07 Å². The van der Waals surface area contributed by atoms with Gasteiger partial charge in [-0.2, -0.15) is 18.2 Å². The molecule has 0 saturated heterocycles. The molecule has 0 bridgehead atoms. The molecule has 1 saturated carbocycles. The van der Waals surface area contributed by atoms with E-state index >= 15 is 0 Å². The summed E-state index contributed by atoms with van der Waals surface area (Å²) in [6.45, 7) is 1.23. The van der Waals surface area contributed by atoms with Crippen LogP contribution in [0.2, 0.25) is 0 Å². The minimum atomic E-state index is -4.69. The number of hydrogen-bond acceptors (Lipinski definition) is 5. The summed E-state index contributed by atoms with van der Waals surface area (Å²) in [7, 11) is 0. The molecule has 1 heterocycles. The summed E-state index contributed by atoms with van der Waals surface area (Å²) < 4.78 is 44.1. The topological polar surface area (TPSA) is 72.3 Å². The first-order chi connectivity index (χ1) is 10.3. The van der Waals surface area contributed by atoms with Crippen molar-refractivity contribution >= 4 is 5.78 Å². The van der Waals surface area contributed by atoms with Gasteiger partial charge in [0.15, 0.2) is 0 Å². The largest absolute Gasteiger partial charge is 0.474 e. The molecule has 1 aliphatic rings. The van der Waals surface area contributed by atoms with Crippen LogP contribution in [-0.2, 0) is 11.0 Å². The second-order valence-corrected chi connectivity index (χ2v) is 5.39. The highest BCUT2D eigenvalue weighted by molar-refractivity contribution is 5.79. The van der Waals surface area contributed by atoms with Gasteiger partial charge in [0.05, 0.1) is 12.3 Å². The molecule has 0 amide bonds. The third-order valence-corrected chi connectivity index (χ3v) is 3.53. The third-order valence-electron chi connectivity index (χ3n) is 3.53. The zero-order valence-corrected chi connectivity index (χ0v) is 12.1. The van der Waals surface area contributed by atoms with Crippen LogP contribution in [0.4, 0.5) is 13.2 Å². The van der Waals surface area contributed by atoms with Crippen LogP contribution < -0.4 is 4.74 Å². The van der Waals surface area contributed by atoms with E-state index in [1.54, 1.807) is 6.92 Å². The summed E-state index contributed by atoms with van der Waals surface area (Å²) in [4.78, 5) is 18.0. The number of aliphatic hydroxyl groups is 1. The number of rotatable bonds is 4. The van der Waals surface area contributed by atoms with Crippen LogP contribution in [0.25, 0.3) is 0 Å². The highest BCUT2D eigenvalue weighted by Crippen LogP contribution is 2.30. The van der Waals surface area contributed by atoms with Gasteiger partial charge in [-0.1, -0.05) is 6.92 Å². The van der Waals surface area contributed by atoms with Gasteiger partial charge in [0, 0.05) is 24.8 Å². The smallest absolute Gasteiger partial charge is 0.451 e. The van der Waals surface area contributed by atoms with E-state index in [2.05, 4.69) is 9.97 Å². The van der Waals surface area contributed by atoms with Crippen LogP contribution in [0.1, 0.15) is 50.0 Å². The Hall–Kier alpha value is -1.70. The number of aromatic nitrogens is 2. The Bertz CT molecular complexity index is 539. The molecule has 1 aromatic rings. The molecule has 1 aromatic heterocycles. The molecule has 0 radical (unpaired) electrons. The van der Waals surface area contributed by atoms with Crippen molar-refractivity contribution in [3.63, 3.8) is 0 Å². The summed E-state index contributed by atoms with van der Waals surface area (Å²) in [5.74, 6) is -1.88. The number of carbonyl (C=O) groups excluding carboxylic acids is 1. The monoisotopic (exact) mass is 318 g/mol. The lowest BCUT2D eigenvalue weighted by Gasteiger charge is -2.22. The zero-order chi connectivity index (χ0) is 16.3. The van der Waals surface area contributed by atoms with E-state index < -0.39 is 17.9 Å². The number of halogens is 3. The maximum Gasteiger partial charge on any atom is 0.451 e. The Morgan fingerprint density at radius 3 is 2.55 bits per heavy atom. The summed E-state index contributed by atoms with van der Waals surface area (Å²) in [6, 6.07) is 1.31. The highest BCUT2D eigenvalue weighted by Gasteiger charge is 2.36. The fourth-order valence-electron chi connectivity index (χ4n) is 2.18. The van der Waals surface area contributed by atoms with Crippen LogP contribution in [0.3, 0.4) is 0 Å². The number of nitrogens with zero attached hydrogens (tertiary/aromatic N) is 2.